The fourth-order valence-electron chi connectivity index (χ4n) is 2.51. The number of nitrogens with zero attached hydrogens (tertiary/aromatic N) is 2. The van der Waals surface area contributed by atoms with Crippen LogP contribution in [0.1, 0.15) is 18.4 Å². The van der Waals surface area contributed by atoms with Crippen molar-refractivity contribution < 1.29 is 13.2 Å². The van der Waals surface area contributed by atoms with Crippen molar-refractivity contribution in [1.82, 2.24) is 14.1 Å². The van der Waals surface area contributed by atoms with Crippen molar-refractivity contribution in [1.29, 1.82) is 0 Å². The summed E-state index contributed by atoms with van der Waals surface area (Å²) in [6.45, 7) is 0.422. The zero-order valence-corrected chi connectivity index (χ0v) is 12.9. The van der Waals surface area contributed by atoms with Crippen molar-refractivity contribution in [3.05, 3.63) is 23.8 Å². The van der Waals surface area contributed by atoms with Crippen LogP contribution < -0.4 is 5.32 Å². The van der Waals surface area contributed by atoms with E-state index in [1.165, 1.54) is 0 Å². The Morgan fingerprint density at radius 1 is 1.33 bits per heavy atom. The van der Waals surface area contributed by atoms with E-state index in [1.54, 1.807) is 0 Å². The number of rotatable bonds is 4. The van der Waals surface area contributed by atoms with Crippen LogP contribution in [0.3, 0.4) is 0 Å². The molecule has 8 heteroatoms. The van der Waals surface area contributed by atoms with Gasteiger partial charge in [0.05, 0.1) is 23.2 Å². The summed E-state index contributed by atoms with van der Waals surface area (Å²) in [5.41, 5.74) is 2.64. The summed E-state index contributed by atoms with van der Waals surface area (Å²) in [4.78, 5) is 11.9. The molecule has 3 rings (SSSR count). The highest BCUT2D eigenvalue weighted by molar-refractivity contribution is 7.91. The highest BCUT2D eigenvalue weighted by Crippen LogP contribution is 2.21. The van der Waals surface area contributed by atoms with Gasteiger partial charge in [-0.2, -0.15) is 8.75 Å². The number of amides is 1. The number of aromatic nitrogens is 2. The molecular formula is C13H15N3O3S2. The van der Waals surface area contributed by atoms with Gasteiger partial charge in [-0.05, 0) is 30.0 Å². The van der Waals surface area contributed by atoms with Crippen LogP contribution >= 0.6 is 11.7 Å². The maximum Gasteiger partial charge on any atom is 0.220 e. The molecule has 0 spiro atoms. The number of fused-ring (bicyclic) bond motifs is 1. The number of nitrogens with one attached hydrogen (secondary N) is 1. The minimum atomic E-state index is -2.92. The smallest absolute Gasteiger partial charge is 0.220 e. The maximum absolute atomic E-state index is 11.9. The van der Waals surface area contributed by atoms with Crippen molar-refractivity contribution in [2.24, 2.45) is 5.92 Å². The molecule has 6 nitrogen and oxygen atoms in total. The Morgan fingerprint density at radius 2 is 2.14 bits per heavy atom. The summed E-state index contributed by atoms with van der Waals surface area (Å²) >= 11 is 1.16. The normalized spacial score (nSPS) is 20.7. The first kappa shape index (κ1) is 14.4. The maximum atomic E-state index is 11.9. The van der Waals surface area contributed by atoms with E-state index in [1.807, 2.05) is 18.2 Å². The van der Waals surface area contributed by atoms with Gasteiger partial charge in [-0.15, -0.1) is 0 Å². The van der Waals surface area contributed by atoms with E-state index in [0.29, 0.717) is 13.0 Å². The van der Waals surface area contributed by atoms with Crippen molar-refractivity contribution >= 4 is 38.5 Å². The molecular weight excluding hydrogens is 310 g/mol. The molecule has 1 saturated heterocycles. The van der Waals surface area contributed by atoms with Crippen molar-refractivity contribution in [2.75, 3.05) is 11.5 Å². The zero-order valence-electron chi connectivity index (χ0n) is 11.3. The lowest BCUT2D eigenvalue weighted by molar-refractivity contribution is -0.122. The first-order chi connectivity index (χ1) is 10.0. The summed E-state index contributed by atoms with van der Waals surface area (Å²) < 4.78 is 31.0. The minimum absolute atomic E-state index is 0.0415. The molecule has 1 aromatic carbocycles. The second-order valence-electron chi connectivity index (χ2n) is 5.34. The lowest BCUT2D eigenvalue weighted by Gasteiger charge is -2.08. The van der Waals surface area contributed by atoms with Crippen LogP contribution in [0.4, 0.5) is 0 Å². The predicted octanol–water partition coefficient (Wildman–Crippen LogP) is 1.13. The van der Waals surface area contributed by atoms with Crippen LogP contribution in [0, 0.1) is 5.92 Å². The van der Waals surface area contributed by atoms with E-state index in [0.717, 1.165) is 28.3 Å². The third-order valence-electron chi connectivity index (χ3n) is 3.61. The topological polar surface area (TPSA) is 89.0 Å². The molecule has 1 unspecified atom stereocenters. The van der Waals surface area contributed by atoms with Gasteiger partial charge in [0.25, 0.3) is 0 Å². The first-order valence-corrected chi connectivity index (χ1v) is 9.25. The van der Waals surface area contributed by atoms with E-state index in [-0.39, 0.29) is 29.8 Å². The molecule has 1 amide bonds. The van der Waals surface area contributed by atoms with E-state index >= 15 is 0 Å². The van der Waals surface area contributed by atoms with Gasteiger partial charge in [-0.1, -0.05) is 6.07 Å². The van der Waals surface area contributed by atoms with E-state index < -0.39 is 9.84 Å². The number of hydrogen-bond acceptors (Lipinski definition) is 6. The Labute approximate surface area is 126 Å². The van der Waals surface area contributed by atoms with E-state index in [9.17, 15) is 13.2 Å². The second kappa shape index (κ2) is 5.69. The third-order valence-corrected chi connectivity index (χ3v) is 6.00. The Bertz CT molecular complexity index is 770. The molecule has 1 aromatic heterocycles. The lowest BCUT2D eigenvalue weighted by Crippen LogP contribution is -2.25. The van der Waals surface area contributed by atoms with E-state index in [2.05, 4.69) is 14.1 Å². The Morgan fingerprint density at radius 3 is 2.90 bits per heavy atom. The van der Waals surface area contributed by atoms with E-state index in [4.69, 9.17) is 0 Å². The molecule has 1 N–H and O–H groups in total. The van der Waals surface area contributed by atoms with Crippen LogP contribution in [-0.2, 0) is 21.2 Å². The van der Waals surface area contributed by atoms with Gasteiger partial charge >= 0.3 is 0 Å². The molecule has 21 heavy (non-hydrogen) atoms. The average Bonchev–Trinajstić information content (AvgIpc) is 3.02. The summed E-state index contributed by atoms with van der Waals surface area (Å²) in [6.07, 6.45) is 0.867. The lowest BCUT2D eigenvalue weighted by atomic mass is 10.0. The quantitative estimate of drug-likeness (QED) is 0.910. The number of benzene rings is 1. The first-order valence-electron chi connectivity index (χ1n) is 6.70. The SMILES string of the molecule is O=C(CC1CCS(=O)(=O)C1)NCc1ccc2nsnc2c1. The fourth-order valence-corrected chi connectivity index (χ4v) is 4.88. The van der Waals surface area contributed by atoms with Crippen molar-refractivity contribution in [3.8, 4) is 0 Å². The number of carbonyl (C=O) groups is 1. The molecule has 0 radical (unpaired) electrons. The van der Waals surface area contributed by atoms with Crippen LogP contribution in [-0.4, -0.2) is 34.6 Å². The molecule has 0 aliphatic carbocycles. The van der Waals surface area contributed by atoms with Gasteiger partial charge in [0, 0.05) is 13.0 Å². The Kier molecular flexibility index (Phi) is 3.90. The van der Waals surface area contributed by atoms with Gasteiger partial charge < -0.3 is 5.32 Å². The van der Waals surface area contributed by atoms with Crippen LogP contribution in [0.2, 0.25) is 0 Å². The molecule has 0 bridgehead atoms. The van der Waals surface area contributed by atoms with Crippen LogP contribution in [0.25, 0.3) is 11.0 Å². The molecule has 2 heterocycles. The molecule has 112 valence electrons. The molecule has 1 aliphatic heterocycles. The summed E-state index contributed by atoms with van der Waals surface area (Å²) in [7, 11) is -2.92. The fraction of sp³-hybridized carbons (Fsp3) is 0.462. The molecule has 0 saturated carbocycles. The van der Waals surface area contributed by atoms with Crippen LogP contribution in [0.15, 0.2) is 18.2 Å². The van der Waals surface area contributed by atoms with Gasteiger partial charge in [0.1, 0.15) is 11.0 Å². The summed E-state index contributed by atoms with van der Waals surface area (Å²) in [5.74, 6) is 0.198. The van der Waals surface area contributed by atoms with Gasteiger partial charge in [0.15, 0.2) is 9.84 Å². The van der Waals surface area contributed by atoms with Gasteiger partial charge in [0.2, 0.25) is 5.91 Å². The van der Waals surface area contributed by atoms with Crippen LogP contribution in [0.5, 0.6) is 0 Å². The zero-order chi connectivity index (χ0) is 14.9. The van der Waals surface area contributed by atoms with Crippen molar-refractivity contribution in [2.45, 2.75) is 19.4 Å². The Balaban J connectivity index is 1.53. The molecule has 1 fully saturated rings. The van der Waals surface area contributed by atoms with Crippen molar-refractivity contribution in [3.63, 3.8) is 0 Å². The number of carbonyl (C=O) groups excluding carboxylic acids is 1. The second-order valence-corrected chi connectivity index (χ2v) is 8.09. The van der Waals surface area contributed by atoms with Gasteiger partial charge in [-0.25, -0.2) is 8.42 Å². The molecule has 1 aliphatic rings. The molecule has 1 atom stereocenters. The predicted molar refractivity (Wildman–Crippen MR) is 80.6 cm³/mol. The molecule has 2 aromatic rings. The summed E-state index contributed by atoms with van der Waals surface area (Å²) in [6, 6.07) is 5.69. The Hall–Kier alpha value is -1.54. The van der Waals surface area contributed by atoms with Gasteiger partial charge in [-0.3, -0.25) is 4.79 Å². The number of sulfone groups is 1. The average molecular weight is 325 g/mol. The third kappa shape index (κ3) is 3.56. The highest BCUT2D eigenvalue weighted by atomic mass is 32.2. The number of hydrogen-bond donors (Lipinski definition) is 1. The highest BCUT2D eigenvalue weighted by Gasteiger charge is 2.29. The largest absolute Gasteiger partial charge is 0.352 e. The standard InChI is InChI=1S/C13H15N3O3S2/c17-13(6-10-3-4-21(18,19)8-10)14-7-9-1-2-11-12(5-9)16-20-15-11/h1-2,5,10H,3-4,6-8H2,(H,14,17). The minimum Gasteiger partial charge on any atom is -0.352 e. The monoisotopic (exact) mass is 325 g/mol. The summed E-state index contributed by atoms with van der Waals surface area (Å²) in [5, 5.41) is 2.83.